The molecule has 0 aliphatic heterocycles. The van der Waals surface area contributed by atoms with Gasteiger partial charge in [-0.1, -0.05) is 31.0 Å². The van der Waals surface area contributed by atoms with Gasteiger partial charge in [0.1, 0.15) is 0 Å². The fraction of sp³-hybridized carbons (Fsp3) is 0.375. The highest BCUT2D eigenvalue weighted by molar-refractivity contribution is 5.90. The minimum atomic E-state index is -0.699. The maximum Gasteiger partial charge on any atom is 0.308 e. The lowest BCUT2D eigenvalue weighted by Crippen LogP contribution is -2.37. The first-order valence-electron chi connectivity index (χ1n) is 7.09. The van der Waals surface area contributed by atoms with Crippen LogP contribution < -0.4 is 5.32 Å². The molecule has 104 valence electrons. The number of benzene rings is 1. The molecule has 2 aromatic rings. The third-order valence-corrected chi connectivity index (χ3v) is 4.06. The Morgan fingerprint density at radius 2 is 2.00 bits per heavy atom. The van der Waals surface area contributed by atoms with Crippen molar-refractivity contribution in [2.45, 2.75) is 31.7 Å². The molecule has 1 heterocycles. The van der Waals surface area contributed by atoms with E-state index < -0.39 is 5.97 Å². The van der Waals surface area contributed by atoms with E-state index in [0.29, 0.717) is 0 Å². The van der Waals surface area contributed by atoms with Crippen molar-refractivity contribution in [2.75, 3.05) is 5.32 Å². The minimum Gasteiger partial charge on any atom is -0.481 e. The van der Waals surface area contributed by atoms with Gasteiger partial charge in [0.25, 0.3) is 0 Å². The molecule has 20 heavy (non-hydrogen) atoms. The summed E-state index contributed by atoms with van der Waals surface area (Å²) in [7, 11) is 0. The summed E-state index contributed by atoms with van der Waals surface area (Å²) in [6.45, 7) is 0. The standard InChI is InChI=1S/C16H18N2O2/c19-16(20)12-7-1-2-8-13(12)18-14-9-3-5-11-6-4-10-17-15(11)14/h3-6,9-10,12-13,18H,1-2,7-8H2,(H,19,20)/t12-,13+/m1/s1. The molecule has 1 saturated carbocycles. The number of aromatic nitrogens is 1. The minimum absolute atomic E-state index is 0.00569. The Balaban J connectivity index is 1.90. The van der Waals surface area contributed by atoms with Crippen molar-refractivity contribution in [3.05, 3.63) is 36.5 Å². The quantitative estimate of drug-likeness (QED) is 0.898. The van der Waals surface area contributed by atoms with Gasteiger partial charge in [-0.15, -0.1) is 0 Å². The van der Waals surface area contributed by atoms with Gasteiger partial charge in [-0.05, 0) is 25.0 Å². The third kappa shape index (κ3) is 2.46. The van der Waals surface area contributed by atoms with Crippen molar-refractivity contribution in [1.29, 1.82) is 0 Å². The van der Waals surface area contributed by atoms with Gasteiger partial charge >= 0.3 is 5.97 Å². The van der Waals surface area contributed by atoms with Crippen LogP contribution in [0.2, 0.25) is 0 Å². The summed E-state index contributed by atoms with van der Waals surface area (Å²) in [5, 5.41) is 13.8. The van der Waals surface area contributed by atoms with E-state index in [0.717, 1.165) is 42.3 Å². The molecule has 2 N–H and O–H groups in total. The molecular weight excluding hydrogens is 252 g/mol. The van der Waals surface area contributed by atoms with Crippen LogP contribution in [0, 0.1) is 5.92 Å². The number of pyridine rings is 1. The zero-order valence-electron chi connectivity index (χ0n) is 11.2. The second-order valence-electron chi connectivity index (χ2n) is 5.36. The average molecular weight is 270 g/mol. The van der Waals surface area contributed by atoms with Gasteiger partial charge < -0.3 is 10.4 Å². The number of carbonyl (C=O) groups is 1. The second kappa shape index (κ2) is 5.49. The van der Waals surface area contributed by atoms with Gasteiger partial charge in [-0.2, -0.15) is 0 Å². The Labute approximate surface area is 117 Å². The summed E-state index contributed by atoms with van der Waals surface area (Å²) >= 11 is 0. The average Bonchev–Trinajstić information content (AvgIpc) is 2.48. The molecule has 1 fully saturated rings. The lowest BCUT2D eigenvalue weighted by Gasteiger charge is -2.30. The molecule has 4 heteroatoms. The number of anilines is 1. The lowest BCUT2D eigenvalue weighted by molar-refractivity contribution is -0.143. The molecule has 4 nitrogen and oxygen atoms in total. The van der Waals surface area contributed by atoms with E-state index in [1.54, 1.807) is 6.20 Å². The van der Waals surface area contributed by atoms with Crippen LogP contribution in [0.25, 0.3) is 10.9 Å². The van der Waals surface area contributed by atoms with Crippen LogP contribution in [0.3, 0.4) is 0 Å². The Kier molecular flexibility index (Phi) is 3.54. The lowest BCUT2D eigenvalue weighted by atomic mass is 9.84. The fourth-order valence-corrected chi connectivity index (χ4v) is 3.02. The van der Waals surface area contributed by atoms with Crippen LogP contribution in [-0.2, 0) is 4.79 Å². The van der Waals surface area contributed by atoms with E-state index in [-0.39, 0.29) is 12.0 Å². The largest absolute Gasteiger partial charge is 0.481 e. The molecule has 1 aliphatic carbocycles. The number of carboxylic acid groups (broad SMARTS) is 1. The summed E-state index contributed by atoms with van der Waals surface area (Å²) < 4.78 is 0. The molecule has 0 saturated heterocycles. The summed E-state index contributed by atoms with van der Waals surface area (Å²) in [5.41, 5.74) is 1.84. The number of fused-ring (bicyclic) bond motifs is 1. The number of nitrogens with one attached hydrogen (secondary N) is 1. The molecule has 1 aromatic heterocycles. The number of rotatable bonds is 3. The van der Waals surface area contributed by atoms with Crippen molar-refractivity contribution in [2.24, 2.45) is 5.92 Å². The monoisotopic (exact) mass is 270 g/mol. The Morgan fingerprint density at radius 1 is 1.20 bits per heavy atom. The Hall–Kier alpha value is -2.10. The highest BCUT2D eigenvalue weighted by atomic mass is 16.4. The summed E-state index contributed by atoms with van der Waals surface area (Å²) in [5.74, 6) is -1.00. The third-order valence-electron chi connectivity index (χ3n) is 4.06. The van der Waals surface area contributed by atoms with Crippen molar-refractivity contribution in [1.82, 2.24) is 4.98 Å². The van der Waals surface area contributed by atoms with Crippen molar-refractivity contribution in [3.8, 4) is 0 Å². The van der Waals surface area contributed by atoms with Crippen molar-refractivity contribution >= 4 is 22.6 Å². The van der Waals surface area contributed by atoms with Crippen molar-refractivity contribution < 1.29 is 9.90 Å². The Bertz CT molecular complexity index is 621. The summed E-state index contributed by atoms with van der Waals surface area (Å²) in [4.78, 5) is 15.8. The van der Waals surface area contributed by atoms with E-state index in [2.05, 4.69) is 10.3 Å². The smallest absolute Gasteiger partial charge is 0.308 e. The SMILES string of the molecule is O=C(O)[C@@H]1CCCC[C@@H]1Nc1cccc2cccnc12. The molecule has 0 radical (unpaired) electrons. The van der Waals surface area contributed by atoms with Gasteiger partial charge in [-0.3, -0.25) is 9.78 Å². The van der Waals surface area contributed by atoms with Gasteiger partial charge in [0.05, 0.1) is 17.1 Å². The van der Waals surface area contributed by atoms with Gasteiger partial charge in [0, 0.05) is 17.6 Å². The number of aliphatic carboxylic acids is 1. The molecule has 1 aromatic carbocycles. The second-order valence-corrected chi connectivity index (χ2v) is 5.36. The molecule has 0 amide bonds. The first-order valence-corrected chi connectivity index (χ1v) is 7.09. The fourth-order valence-electron chi connectivity index (χ4n) is 3.02. The number of hydrogen-bond donors (Lipinski definition) is 2. The molecule has 1 aliphatic rings. The van der Waals surface area contributed by atoms with Gasteiger partial charge in [-0.25, -0.2) is 0 Å². The topological polar surface area (TPSA) is 62.2 Å². The molecule has 2 atom stereocenters. The maximum absolute atomic E-state index is 11.4. The van der Waals surface area contributed by atoms with Gasteiger partial charge in [0.15, 0.2) is 0 Å². The maximum atomic E-state index is 11.4. The summed E-state index contributed by atoms with van der Waals surface area (Å²) in [6, 6.07) is 9.89. The molecule has 0 bridgehead atoms. The number of nitrogens with zero attached hydrogens (tertiary/aromatic N) is 1. The van der Waals surface area contributed by atoms with E-state index in [4.69, 9.17) is 0 Å². The molecular formula is C16H18N2O2. The summed E-state index contributed by atoms with van der Waals surface area (Å²) in [6.07, 6.45) is 5.51. The highest BCUT2D eigenvalue weighted by Gasteiger charge is 2.30. The van der Waals surface area contributed by atoms with E-state index >= 15 is 0 Å². The number of para-hydroxylation sites is 1. The zero-order valence-corrected chi connectivity index (χ0v) is 11.2. The number of carboxylic acids is 1. The highest BCUT2D eigenvalue weighted by Crippen LogP contribution is 2.29. The Morgan fingerprint density at radius 3 is 2.85 bits per heavy atom. The van der Waals surface area contributed by atoms with E-state index in [1.807, 2.05) is 30.3 Å². The van der Waals surface area contributed by atoms with Crippen LogP contribution in [-0.4, -0.2) is 22.1 Å². The van der Waals surface area contributed by atoms with Crippen LogP contribution in [0.4, 0.5) is 5.69 Å². The first-order chi connectivity index (χ1) is 9.75. The predicted octanol–water partition coefficient (Wildman–Crippen LogP) is 3.29. The van der Waals surface area contributed by atoms with Crippen LogP contribution >= 0.6 is 0 Å². The van der Waals surface area contributed by atoms with Crippen LogP contribution in [0.5, 0.6) is 0 Å². The van der Waals surface area contributed by atoms with Crippen LogP contribution in [0.1, 0.15) is 25.7 Å². The number of hydrogen-bond acceptors (Lipinski definition) is 3. The molecule has 3 rings (SSSR count). The first kappa shape index (κ1) is 12.9. The van der Waals surface area contributed by atoms with Gasteiger partial charge in [0.2, 0.25) is 0 Å². The molecule has 0 unspecified atom stereocenters. The predicted molar refractivity (Wildman–Crippen MR) is 78.7 cm³/mol. The molecule has 0 spiro atoms. The van der Waals surface area contributed by atoms with E-state index in [1.165, 1.54) is 0 Å². The van der Waals surface area contributed by atoms with Crippen LogP contribution in [0.15, 0.2) is 36.5 Å². The zero-order chi connectivity index (χ0) is 13.9. The normalized spacial score (nSPS) is 22.6. The van der Waals surface area contributed by atoms with Crippen molar-refractivity contribution in [3.63, 3.8) is 0 Å². The van der Waals surface area contributed by atoms with E-state index in [9.17, 15) is 9.90 Å².